The fourth-order valence-electron chi connectivity index (χ4n) is 6.83. The molecule has 1 spiro atoms. The number of halogens is 3. The molecule has 2 bridgehead atoms. The van der Waals surface area contributed by atoms with Crippen LogP contribution in [0.15, 0.2) is 53.6 Å². The van der Waals surface area contributed by atoms with Gasteiger partial charge >= 0.3 is 6.18 Å². The number of alkyl halides is 3. The summed E-state index contributed by atoms with van der Waals surface area (Å²) >= 11 is 0. The molecule has 2 fully saturated rings. The summed E-state index contributed by atoms with van der Waals surface area (Å²) in [4.78, 5) is 0. The highest BCUT2D eigenvalue weighted by Crippen LogP contribution is 2.54. The maximum atomic E-state index is 13.1. The summed E-state index contributed by atoms with van der Waals surface area (Å²) in [7, 11) is -2.23. The van der Waals surface area contributed by atoms with E-state index in [1.165, 1.54) is 11.1 Å². The molecule has 6 rings (SSSR count). The molecular weight excluding hydrogens is 489 g/mol. The maximum Gasteiger partial charge on any atom is 0.402 e. The van der Waals surface area contributed by atoms with E-state index in [1.54, 1.807) is 0 Å². The van der Waals surface area contributed by atoms with Gasteiger partial charge in [-0.15, -0.1) is 0 Å². The minimum Gasteiger partial charge on any atom is -0.267 e. The van der Waals surface area contributed by atoms with Crippen LogP contribution in [0.3, 0.4) is 0 Å². The van der Waals surface area contributed by atoms with Crippen LogP contribution in [-0.2, 0) is 17.3 Å². The molecular formula is C26H29F3N4O2S. The van der Waals surface area contributed by atoms with Crippen molar-refractivity contribution >= 4 is 15.8 Å². The van der Waals surface area contributed by atoms with E-state index in [4.69, 9.17) is 5.10 Å². The number of rotatable bonds is 3. The average Bonchev–Trinajstić information content (AvgIpc) is 3.38. The van der Waals surface area contributed by atoms with Crippen molar-refractivity contribution in [2.75, 3.05) is 13.1 Å². The van der Waals surface area contributed by atoms with E-state index < -0.39 is 28.5 Å². The highest BCUT2D eigenvalue weighted by atomic mass is 32.2. The summed E-state index contributed by atoms with van der Waals surface area (Å²) in [6, 6.07) is 12.2. The van der Waals surface area contributed by atoms with E-state index in [1.807, 2.05) is 29.9 Å². The Morgan fingerprint density at radius 3 is 2.56 bits per heavy atom. The summed E-state index contributed by atoms with van der Waals surface area (Å²) < 4.78 is 70.0. The smallest absolute Gasteiger partial charge is 0.267 e. The summed E-state index contributed by atoms with van der Waals surface area (Å²) in [6.07, 6.45) is 2.42. The van der Waals surface area contributed by atoms with Gasteiger partial charge in [0, 0.05) is 13.6 Å². The molecule has 10 heteroatoms. The molecule has 1 aromatic heterocycles. The second-order valence-corrected chi connectivity index (χ2v) is 12.3. The molecule has 1 saturated carbocycles. The van der Waals surface area contributed by atoms with Crippen molar-refractivity contribution in [3.63, 3.8) is 0 Å². The standard InChI is InChI=1S/C26H29F3N4O2S/c1-32-24(17-5-3-2-4-6-17)14-23(30-32)19-8-7-18-12-21-9-10-22(13-20(18)11-19)25(21)15-33(16-26(27,28)29)36(34,35)31-25/h2-6,11,14,21-22,31H,7-10,12-13,15-16H2,1H3. The van der Waals surface area contributed by atoms with E-state index in [9.17, 15) is 21.6 Å². The molecule has 6 nitrogen and oxygen atoms in total. The molecule has 192 valence electrons. The first-order valence-electron chi connectivity index (χ1n) is 12.4. The number of benzene rings is 1. The molecule has 1 aliphatic heterocycles. The Labute approximate surface area is 209 Å². The van der Waals surface area contributed by atoms with Gasteiger partial charge in [-0.1, -0.05) is 42.0 Å². The van der Waals surface area contributed by atoms with Crippen LogP contribution in [0.5, 0.6) is 0 Å². The highest BCUT2D eigenvalue weighted by Gasteiger charge is 2.60. The first-order valence-corrected chi connectivity index (χ1v) is 13.9. The zero-order valence-electron chi connectivity index (χ0n) is 20.1. The van der Waals surface area contributed by atoms with Crippen molar-refractivity contribution in [3.8, 4) is 11.3 Å². The fraction of sp³-hybridized carbons (Fsp3) is 0.500. The van der Waals surface area contributed by atoms with E-state index in [0.717, 1.165) is 54.6 Å². The molecule has 3 unspecified atom stereocenters. The Hall–Kier alpha value is -2.43. The summed E-state index contributed by atoms with van der Waals surface area (Å²) in [6.45, 7) is -1.55. The zero-order chi connectivity index (χ0) is 25.3. The van der Waals surface area contributed by atoms with E-state index in [2.05, 4.69) is 29.0 Å². The number of hydrogen-bond acceptors (Lipinski definition) is 3. The maximum absolute atomic E-state index is 13.1. The van der Waals surface area contributed by atoms with Crippen LogP contribution in [0.4, 0.5) is 13.2 Å². The third-order valence-corrected chi connectivity index (χ3v) is 10.1. The van der Waals surface area contributed by atoms with Crippen molar-refractivity contribution < 1.29 is 21.6 Å². The SMILES string of the molecule is Cn1nc(C2=CC3=C(CC2)CC2CCC(C3)C23CN(CC(F)(F)F)S(=O)(=O)N3)cc1-c1ccccc1. The van der Waals surface area contributed by atoms with E-state index >= 15 is 0 Å². The summed E-state index contributed by atoms with van der Waals surface area (Å²) in [5, 5.41) is 4.77. The normalized spacial score (nSPS) is 29.9. The van der Waals surface area contributed by atoms with Gasteiger partial charge in [0.15, 0.2) is 0 Å². The quantitative estimate of drug-likeness (QED) is 0.633. The topological polar surface area (TPSA) is 67.2 Å². The first-order chi connectivity index (χ1) is 17.0. The Bertz CT molecular complexity index is 1360. The van der Waals surface area contributed by atoms with E-state index in [-0.39, 0.29) is 18.4 Å². The number of hydrogen-bond donors (Lipinski definition) is 1. The minimum atomic E-state index is -4.57. The molecule has 2 heterocycles. The number of aromatic nitrogens is 2. The number of allylic oxidation sites excluding steroid dienone is 4. The van der Waals surface area contributed by atoms with Gasteiger partial charge < -0.3 is 0 Å². The molecule has 2 aromatic rings. The summed E-state index contributed by atoms with van der Waals surface area (Å²) in [5.41, 5.74) is 5.92. The van der Waals surface area contributed by atoms with Crippen molar-refractivity contribution in [1.82, 2.24) is 18.8 Å². The lowest BCUT2D eigenvalue weighted by Gasteiger charge is -2.34. The molecule has 1 N–H and O–H groups in total. The van der Waals surface area contributed by atoms with E-state index in [0.29, 0.717) is 10.7 Å². The van der Waals surface area contributed by atoms with Gasteiger partial charge in [-0.25, -0.2) is 0 Å². The second-order valence-electron chi connectivity index (χ2n) is 10.6. The molecule has 4 aliphatic rings. The van der Waals surface area contributed by atoms with Crippen LogP contribution in [0.2, 0.25) is 0 Å². The monoisotopic (exact) mass is 518 g/mol. The molecule has 3 aliphatic carbocycles. The zero-order valence-corrected chi connectivity index (χ0v) is 20.9. The highest BCUT2D eigenvalue weighted by molar-refractivity contribution is 7.87. The predicted octanol–water partition coefficient (Wildman–Crippen LogP) is 4.83. The number of aryl methyl sites for hydroxylation is 1. The Morgan fingerprint density at radius 2 is 1.83 bits per heavy atom. The second kappa shape index (κ2) is 8.29. The van der Waals surface area contributed by atoms with Gasteiger partial charge in [0.1, 0.15) is 6.54 Å². The fourth-order valence-corrected chi connectivity index (χ4v) is 8.54. The van der Waals surface area contributed by atoms with Crippen LogP contribution < -0.4 is 4.72 Å². The van der Waals surface area contributed by atoms with Crippen molar-refractivity contribution in [1.29, 1.82) is 0 Å². The van der Waals surface area contributed by atoms with Gasteiger partial charge in [-0.2, -0.15) is 35.7 Å². The third-order valence-electron chi connectivity index (χ3n) is 8.51. The predicted molar refractivity (Wildman–Crippen MR) is 131 cm³/mol. The molecule has 1 aromatic carbocycles. The van der Waals surface area contributed by atoms with Crippen LogP contribution in [0, 0.1) is 11.8 Å². The molecule has 3 atom stereocenters. The van der Waals surface area contributed by atoms with Crippen LogP contribution in [-0.4, -0.2) is 47.3 Å². The largest absolute Gasteiger partial charge is 0.402 e. The van der Waals surface area contributed by atoms with Gasteiger partial charge in [-0.3, -0.25) is 4.68 Å². The van der Waals surface area contributed by atoms with Crippen molar-refractivity contribution in [2.45, 2.75) is 50.2 Å². The summed E-state index contributed by atoms with van der Waals surface area (Å²) in [5.74, 6) is -0.0142. The Morgan fingerprint density at radius 1 is 1.11 bits per heavy atom. The third kappa shape index (κ3) is 4.03. The van der Waals surface area contributed by atoms with Crippen LogP contribution in [0.25, 0.3) is 16.8 Å². The molecule has 0 amide bonds. The Balaban J connectivity index is 1.29. The average molecular weight is 519 g/mol. The van der Waals surface area contributed by atoms with Gasteiger partial charge in [0.25, 0.3) is 10.2 Å². The molecule has 0 radical (unpaired) electrons. The number of nitrogens with one attached hydrogen (secondary N) is 1. The number of nitrogens with zero attached hydrogens (tertiary/aromatic N) is 3. The lowest BCUT2D eigenvalue weighted by molar-refractivity contribution is -0.136. The van der Waals surface area contributed by atoms with Crippen molar-refractivity contribution in [2.24, 2.45) is 18.9 Å². The molecule has 1 saturated heterocycles. The Kier molecular flexibility index (Phi) is 5.51. The van der Waals surface area contributed by atoms with Gasteiger partial charge in [-0.05, 0) is 73.1 Å². The van der Waals surface area contributed by atoms with Crippen LogP contribution in [0.1, 0.15) is 44.2 Å². The lowest BCUT2D eigenvalue weighted by atomic mass is 9.79. The van der Waals surface area contributed by atoms with Gasteiger partial charge in [0.2, 0.25) is 0 Å². The van der Waals surface area contributed by atoms with Crippen LogP contribution >= 0.6 is 0 Å². The minimum absolute atomic E-state index is 0.0116. The van der Waals surface area contributed by atoms with Crippen molar-refractivity contribution in [3.05, 3.63) is 59.3 Å². The molecule has 36 heavy (non-hydrogen) atoms. The first kappa shape index (κ1) is 23.9. The lowest BCUT2D eigenvalue weighted by Crippen LogP contribution is -2.51. The van der Waals surface area contributed by atoms with Gasteiger partial charge in [0.05, 0.1) is 16.9 Å².